The number of hydrogen-bond acceptors (Lipinski definition) is 3. The molecule has 0 spiro atoms. The van der Waals surface area contributed by atoms with E-state index in [1.807, 2.05) is 90.6 Å². The predicted octanol–water partition coefficient (Wildman–Crippen LogP) is 4.58. The van der Waals surface area contributed by atoms with Crippen LogP contribution >= 0.6 is 0 Å². The number of nitrogens with zero attached hydrogens (tertiary/aromatic N) is 2. The highest BCUT2D eigenvalue weighted by atomic mass is 16.5. The fourth-order valence-electron chi connectivity index (χ4n) is 3.39. The van der Waals surface area contributed by atoms with E-state index in [0.29, 0.717) is 12.1 Å². The number of nitrogens with one attached hydrogen (secondary N) is 1. The van der Waals surface area contributed by atoms with E-state index in [0.717, 1.165) is 27.8 Å². The first-order valence-electron chi connectivity index (χ1n) is 9.58. The Labute approximate surface area is 169 Å². The van der Waals surface area contributed by atoms with Gasteiger partial charge >= 0.3 is 0 Å². The van der Waals surface area contributed by atoms with E-state index < -0.39 is 0 Å². The summed E-state index contributed by atoms with van der Waals surface area (Å²) in [6, 6.07) is 23.5. The van der Waals surface area contributed by atoms with Crippen molar-refractivity contribution >= 4 is 16.8 Å². The maximum Gasteiger partial charge on any atom is 0.251 e. The monoisotopic (exact) mass is 385 g/mol. The molecule has 29 heavy (non-hydrogen) atoms. The average Bonchev–Trinajstić information content (AvgIpc) is 3.16. The lowest BCUT2D eigenvalue weighted by Gasteiger charge is -2.14. The third kappa shape index (κ3) is 4.14. The van der Waals surface area contributed by atoms with Crippen molar-refractivity contribution in [3.05, 3.63) is 95.7 Å². The number of benzene rings is 3. The highest BCUT2D eigenvalue weighted by molar-refractivity contribution is 5.98. The highest BCUT2D eigenvalue weighted by Gasteiger charge is 2.13. The van der Waals surface area contributed by atoms with Crippen LogP contribution in [0.5, 0.6) is 5.75 Å². The van der Waals surface area contributed by atoms with Gasteiger partial charge in [-0.15, -0.1) is 0 Å². The van der Waals surface area contributed by atoms with Gasteiger partial charge < -0.3 is 10.1 Å². The SMILES string of the molecule is COc1cccc(Cn2ncc3ccc(C(=O)N[C@@H](C)c4ccccc4)cc32)c1. The molecule has 0 unspecified atom stereocenters. The van der Waals surface area contributed by atoms with Crippen molar-refractivity contribution in [2.75, 3.05) is 7.11 Å². The van der Waals surface area contributed by atoms with Crippen LogP contribution in [-0.2, 0) is 6.54 Å². The Kier molecular flexibility index (Phi) is 5.29. The second kappa shape index (κ2) is 8.19. The Morgan fingerprint density at radius 2 is 1.90 bits per heavy atom. The Morgan fingerprint density at radius 3 is 2.69 bits per heavy atom. The van der Waals surface area contributed by atoms with Crippen LogP contribution in [0.4, 0.5) is 0 Å². The molecule has 0 aliphatic heterocycles. The number of carbonyl (C=O) groups excluding carboxylic acids is 1. The van der Waals surface area contributed by atoms with Crippen LogP contribution in [0, 0.1) is 0 Å². The minimum absolute atomic E-state index is 0.0684. The lowest BCUT2D eigenvalue weighted by atomic mass is 10.1. The number of amides is 1. The molecule has 3 aromatic carbocycles. The van der Waals surface area contributed by atoms with Gasteiger partial charge in [0, 0.05) is 10.9 Å². The molecule has 146 valence electrons. The molecule has 4 aromatic rings. The number of hydrogen-bond donors (Lipinski definition) is 1. The Bertz CT molecular complexity index is 1140. The zero-order valence-corrected chi connectivity index (χ0v) is 16.5. The molecule has 0 aliphatic carbocycles. The van der Waals surface area contributed by atoms with E-state index in [2.05, 4.69) is 10.4 Å². The molecule has 0 bridgehead atoms. The molecule has 1 atom stereocenters. The first kappa shape index (κ1) is 18.7. The molecular formula is C24H23N3O2. The summed E-state index contributed by atoms with van der Waals surface area (Å²) in [7, 11) is 1.66. The van der Waals surface area contributed by atoms with Gasteiger partial charge in [-0.1, -0.05) is 48.5 Å². The van der Waals surface area contributed by atoms with Crippen molar-refractivity contribution in [3.8, 4) is 5.75 Å². The molecule has 0 saturated carbocycles. The number of carbonyl (C=O) groups is 1. The molecule has 0 saturated heterocycles. The van der Waals surface area contributed by atoms with Gasteiger partial charge in [-0.25, -0.2) is 0 Å². The summed E-state index contributed by atoms with van der Waals surface area (Å²) in [5.74, 6) is 0.714. The van der Waals surface area contributed by atoms with Crippen LogP contribution in [0.2, 0.25) is 0 Å². The van der Waals surface area contributed by atoms with Crippen LogP contribution in [0.3, 0.4) is 0 Å². The quantitative estimate of drug-likeness (QED) is 0.528. The molecule has 4 rings (SSSR count). The Balaban J connectivity index is 1.57. The fraction of sp³-hybridized carbons (Fsp3) is 0.167. The maximum absolute atomic E-state index is 12.8. The number of methoxy groups -OCH3 is 1. The van der Waals surface area contributed by atoms with Crippen LogP contribution < -0.4 is 10.1 Å². The van der Waals surface area contributed by atoms with Gasteiger partial charge in [0.05, 0.1) is 31.4 Å². The fourth-order valence-corrected chi connectivity index (χ4v) is 3.39. The zero-order valence-electron chi connectivity index (χ0n) is 16.5. The van der Waals surface area contributed by atoms with E-state index >= 15 is 0 Å². The van der Waals surface area contributed by atoms with Crippen LogP contribution in [0.1, 0.15) is 34.5 Å². The smallest absolute Gasteiger partial charge is 0.251 e. The van der Waals surface area contributed by atoms with Gasteiger partial charge in [-0.2, -0.15) is 5.10 Å². The van der Waals surface area contributed by atoms with Crippen LogP contribution in [-0.4, -0.2) is 22.8 Å². The normalized spacial score (nSPS) is 11.9. The molecule has 0 radical (unpaired) electrons. The summed E-state index contributed by atoms with van der Waals surface area (Å²) in [6.07, 6.45) is 1.82. The Hall–Kier alpha value is -3.60. The molecule has 0 fully saturated rings. The third-order valence-corrected chi connectivity index (χ3v) is 5.02. The summed E-state index contributed by atoms with van der Waals surface area (Å²) in [6.45, 7) is 2.59. The number of aromatic nitrogens is 2. The standard InChI is InChI=1S/C24H23N3O2/c1-17(19-8-4-3-5-9-19)26-24(28)20-11-12-21-15-25-27(23(21)14-20)16-18-7-6-10-22(13-18)29-2/h3-15,17H,16H2,1-2H3,(H,26,28)/t17-/m0/s1. The number of ether oxygens (including phenoxy) is 1. The van der Waals surface area contributed by atoms with Crippen molar-refractivity contribution < 1.29 is 9.53 Å². The zero-order chi connectivity index (χ0) is 20.2. The van der Waals surface area contributed by atoms with Gasteiger partial charge in [-0.05, 0) is 42.3 Å². The summed E-state index contributed by atoms with van der Waals surface area (Å²) in [4.78, 5) is 12.8. The van der Waals surface area contributed by atoms with Crippen LogP contribution in [0.15, 0.2) is 79.0 Å². The molecule has 1 heterocycles. The topological polar surface area (TPSA) is 56.2 Å². The van der Waals surface area contributed by atoms with E-state index in [4.69, 9.17) is 4.74 Å². The van der Waals surface area contributed by atoms with E-state index in [-0.39, 0.29) is 11.9 Å². The van der Waals surface area contributed by atoms with E-state index in [1.165, 1.54) is 0 Å². The lowest BCUT2D eigenvalue weighted by Crippen LogP contribution is -2.26. The van der Waals surface area contributed by atoms with Gasteiger partial charge in [0.25, 0.3) is 5.91 Å². The van der Waals surface area contributed by atoms with Crippen molar-refractivity contribution in [2.45, 2.75) is 19.5 Å². The van der Waals surface area contributed by atoms with Crippen molar-refractivity contribution in [2.24, 2.45) is 0 Å². The average molecular weight is 385 g/mol. The minimum atomic E-state index is -0.0996. The molecule has 1 amide bonds. The summed E-state index contributed by atoms with van der Waals surface area (Å²) < 4.78 is 7.21. The van der Waals surface area contributed by atoms with E-state index in [1.54, 1.807) is 7.11 Å². The van der Waals surface area contributed by atoms with Gasteiger partial charge in [0.15, 0.2) is 0 Å². The molecule has 0 aliphatic rings. The van der Waals surface area contributed by atoms with Crippen molar-refractivity contribution in [1.82, 2.24) is 15.1 Å². The van der Waals surface area contributed by atoms with Crippen LogP contribution in [0.25, 0.3) is 10.9 Å². The van der Waals surface area contributed by atoms with Gasteiger partial charge in [0.1, 0.15) is 5.75 Å². The molecule has 1 aromatic heterocycles. The number of fused-ring (bicyclic) bond motifs is 1. The van der Waals surface area contributed by atoms with Gasteiger partial charge in [0.2, 0.25) is 0 Å². The summed E-state index contributed by atoms with van der Waals surface area (Å²) >= 11 is 0. The first-order valence-corrected chi connectivity index (χ1v) is 9.58. The second-order valence-electron chi connectivity index (χ2n) is 7.03. The van der Waals surface area contributed by atoms with Gasteiger partial charge in [-0.3, -0.25) is 9.48 Å². The molecule has 5 nitrogen and oxygen atoms in total. The highest BCUT2D eigenvalue weighted by Crippen LogP contribution is 2.20. The predicted molar refractivity (Wildman–Crippen MR) is 114 cm³/mol. The second-order valence-corrected chi connectivity index (χ2v) is 7.03. The summed E-state index contributed by atoms with van der Waals surface area (Å²) in [5, 5.41) is 8.57. The molecule has 1 N–H and O–H groups in total. The lowest BCUT2D eigenvalue weighted by molar-refractivity contribution is 0.0940. The maximum atomic E-state index is 12.8. The Morgan fingerprint density at radius 1 is 1.07 bits per heavy atom. The van der Waals surface area contributed by atoms with Crippen molar-refractivity contribution in [3.63, 3.8) is 0 Å². The largest absolute Gasteiger partial charge is 0.497 e. The molecule has 5 heteroatoms. The minimum Gasteiger partial charge on any atom is -0.497 e. The number of rotatable bonds is 6. The summed E-state index contributed by atoms with van der Waals surface area (Å²) in [5.41, 5.74) is 3.70. The third-order valence-electron chi connectivity index (χ3n) is 5.02. The van der Waals surface area contributed by atoms with Crippen molar-refractivity contribution in [1.29, 1.82) is 0 Å². The van der Waals surface area contributed by atoms with E-state index in [9.17, 15) is 4.79 Å². The first-order chi connectivity index (χ1) is 14.1. The molecular weight excluding hydrogens is 362 g/mol.